The number of fused-ring (bicyclic) bond motifs is 1. The van der Waals surface area contributed by atoms with Crippen molar-refractivity contribution in [3.8, 4) is 11.4 Å². The summed E-state index contributed by atoms with van der Waals surface area (Å²) < 4.78 is 0. The van der Waals surface area contributed by atoms with Gasteiger partial charge in [0.25, 0.3) is 0 Å². The van der Waals surface area contributed by atoms with Crippen LogP contribution in [-0.4, -0.2) is 27.4 Å². The van der Waals surface area contributed by atoms with Gasteiger partial charge in [-0.2, -0.15) is 0 Å². The van der Waals surface area contributed by atoms with Crippen LogP contribution >= 0.6 is 0 Å². The Hall–Kier alpha value is -3.21. The summed E-state index contributed by atoms with van der Waals surface area (Å²) in [5.41, 5.74) is 4.94. The second-order valence-electron chi connectivity index (χ2n) is 6.45. The lowest BCUT2D eigenvalue weighted by Crippen LogP contribution is -2.39. The molecule has 1 aliphatic rings. The maximum Gasteiger partial charge on any atom is 0.322 e. The summed E-state index contributed by atoms with van der Waals surface area (Å²) in [6.07, 6.45) is 2.58. The number of hydrogen-bond acceptors (Lipinski definition) is 3. The Bertz CT molecular complexity index is 940. The quantitative estimate of drug-likeness (QED) is 0.763. The summed E-state index contributed by atoms with van der Waals surface area (Å²) in [6, 6.07) is 17.7. The zero-order valence-electron chi connectivity index (χ0n) is 14.6. The van der Waals surface area contributed by atoms with E-state index in [0.29, 0.717) is 13.1 Å². The van der Waals surface area contributed by atoms with E-state index >= 15 is 0 Å². The van der Waals surface area contributed by atoms with Crippen LogP contribution < -0.4 is 5.32 Å². The first-order valence-corrected chi connectivity index (χ1v) is 8.72. The molecular formula is C21H20N4O. The van der Waals surface area contributed by atoms with Crippen LogP contribution in [0.2, 0.25) is 0 Å². The van der Waals surface area contributed by atoms with Gasteiger partial charge in [-0.25, -0.2) is 14.8 Å². The third-order valence-corrected chi connectivity index (χ3v) is 4.64. The molecule has 1 aromatic heterocycles. The van der Waals surface area contributed by atoms with Gasteiger partial charge in [0.2, 0.25) is 0 Å². The van der Waals surface area contributed by atoms with Crippen LogP contribution in [0.4, 0.5) is 10.5 Å². The van der Waals surface area contributed by atoms with Gasteiger partial charge in [-0.1, -0.05) is 48.5 Å². The van der Waals surface area contributed by atoms with Gasteiger partial charge in [-0.15, -0.1) is 0 Å². The SMILES string of the molecule is Cc1ccccc1NC(=O)N1CCc2nc(-c3ccccc3)ncc2C1. The number of urea groups is 1. The van der Waals surface area contributed by atoms with Crippen LogP contribution in [0.25, 0.3) is 11.4 Å². The van der Waals surface area contributed by atoms with Crippen molar-refractivity contribution < 1.29 is 4.79 Å². The van der Waals surface area contributed by atoms with E-state index in [9.17, 15) is 4.79 Å². The molecule has 3 aromatic rings. The number of anilines is 1. The maximum atomic E-state index is 12.6. The number of aromatic nitrogens is 2. The molecule has 1 aliphatic heterocycles. The van der Waals surface area contributed by atoms with Crippen molar-refractivity contribution in [1.29, 1.82) is 0 Å². The second kappa shape index (κ2) is 6.96. The molecule has 0 saturated heterocycles. The van der Waals surface area contributed by atoms with E-state index in [0.717, 1.165) is 40.3 Å². The van der Waals surface area contributed by atoms with Crippen molar-refractivity contribution in [2.24, 2.45) is 0 Å². The number of carbonyl (C=O) groups is 1. The van der Waals surface area contributed by atoms with Gasteiger partial charge >= 0.3 is 6.03 Å². The highest BCUT2D eigenvalue weighted by Crippen LogP contribution is 2.22. The number of rotatable bonds is 2. The normalized spacial score (nSPS) is 13.2. The summed E-state index contributed by atoms with van der Waals surface area (Å²) in [5, 5.41) is 2.99. The molecule has 4 rings (SSSR count). The number of aryl methyl sites for hydroxylation is 1. The van der Waals surface area contributed by atoms with Gasteiger partial charge in [0.15, 0.2) is 5.82 Å². The monoisotopic (exact) mass is 344 g/mol. The lowest BCUT2D eigenvalue weighted by molar-refractivity contribution is 0.206. The Morgan fingerprint density at radius 1 is 1.08 bits per heavy atom. The largest absolute Gasteiger partial charge is 0.322 e. The van der Waals surface area contributed by atoms with Crippen molar-refractivity contribution >= 4 is 11.7 Å². The molecule has 5 nitrogen and oxygen atoms in total. The molecule has 2 heterocycles. The molecule has 0 aliphatic carbocycles. The molecule has 0 radical (unpaired) electrons. The highest BCUT2D eigenvalue weighted by molar-refractivity contribution is 5.90. The molecule has 26 heavy (non-hydrogen) atoms. The molecule has 0 saturated carbocycles. The van der Waals surface area contributed by atoms with E-state index in [1.54, 1.807) is 4.90 Å². The summed E-state index contributed by atoms with van der Waals surface area (Å²) >= 11 is 0. The van der Waals surface area contributed by atoms with Crippen LogP contribution in [0.15, 0.2) is 60.8 Å². The topological polar surface area (TPSA) is 58.1 Å². The lowest BCUT2D eigenvalue weighted by Gasteiger charge is -2.28. The molecule has 1 N–H and O–H groups in total. The molecule has 0 fully saturated rings. The first-order valence-electron chi connectivity index (χ1n) is 8.72. The van der Waals surface area contributed by atoms with E-state index in [2.05, 4.69) is 10.3 Å². The maximum absolute atomic E-state index is 12.6. The van der Waals surface area contributed by atoms with Crippen LogP contribution in [0, 0.1) is 6.92 Å². The fraction of sp³-hybridized carbons (Fsp3) is 0.190. The number of amides is 2. The Kier molecular flexibility index (Phi) is 4.35. The number of carbonyl (C=O) groups excluding carboxylic acids is 1. The fourth-order valence-electron chi connectivity index (χ4n) is 3.12. The molecule has 130 valence electrons. The van der Waals surface area contributed by atoms with Gasteiger partial charge < -0.3 is 10.2 Å². The average Bonchev–Trinajstić information content (AvgIpc) is 2.69. The van der Waals surface area contributed by atoms with Gasteiger partial charge in [0.1, 0.15) is 0 Å². The minimum absolute atomic E-state index is 0.0860. The Morgan fingerprint density at radius 3 is 2.65 bits per heavy atom. The van der Waals surface area contributed by atoms with E-state index in [1.165, 1.54) is 0 Å². The molecule has 2 amide bonds. The molecule has 0 spiro atoms. The standard InChI is InChI=1S/C21H20N4O/c1-15-7-5-6-10-18(15)24-21(26)25-12-11-19-17(14-25)13-22-20(23-19)16-8-3-2-4-9-16/h2-10,13H,11-12,14H2,1H3,(H,24,26). The number of nitrogens with zero attached hydrogens (tertiary/aromatic N) is 3. The van der Waals surface area contributed by atoms with Crippen molar-refractivity contribution in [2.45, 2.75) is 19.9 Å². The first-order chi connectivity index (χ1) is 12.7. The van der Waals surface area contributed by atoms with Crippen LogP contribution in [-0.2, 0) is 13.0 Å². The average molecular weight is 344 g/mol. The van der Waals surface area contributed by atoms with Crippen molar-refractivity contribution in [1.82, 2.24) is 14.9 Å². The predicted octanol–water partition coefficient (Wildman–Crippen LogP) is 4.04. The van der Waals surface area contributed by atoms with E-state index in [1.807, 2.05) is 67.7 Å². The van der Waals surface area contributed by atoms with E-state index < -0.39 is 0 Å². The predicted molar refractivity (Wildman–Crippen MR) is 102 cm³/mol. The van der Waals surface area contributed by atoms with Gasteiger partial charge in [0, 0.05) is 36.0 Å². The van der Waals surface area contributed by atoms with Crippen molar-refractivity contribution in [3.05, 3.63) is 77.6 Å². The number of benzene rings is 2. The van der Waals surface area contributed by atoms with E-state index in [-0.39, 0.29) is 6.03 Å². The van der Waals surface area contributed by atoms with Crippen molar-refractivity contribution in [2.75, 3.05) is 11.9 Å². The molecule has 0 bridgehead atoms. The van der Waals surface area contributed by atoms with Gasteiger partial charge in [0.05, 0.1) is 12.2 Å². The van der Waals surface area contributed by atoms with E-state index in [4.69, 9.17) is 4.98 Å². The van der Waals surface area contributed by atoms with Gasteiger partial charge in [-0.05, 0) is 18.6 Å². The Morgan fingerprint density at radius 2 is 1.85 bits per heavy atom. The molecule has 5 heteroatoms. The highest BCUT2D eigenvalue weighted by Gasteiger charge is 2.22. The second-order valence-corrected chi connectivity index (χ2v) is 6.45. The Balaban J connectivity index is 1.50. The minimum Gasteiger partial charge on any atom is -0.320 e. The number of nitrogens with one attached hydrogen (secondary N) is 1. The third-order valence-electron chi connectivity index (χ3n) is 4.64. The summed E-state index contributed by atoms with van der Waals surface area (Å²) in [4.78, 5) is 23.6. The van der Waals surface area contributed by atoms with Gasteiger partial charge in [-0.3, -0.25) is 0 Å². The zero-order valence-corrected chi connectivity index (χ0v) is 14.6. The molecule has 2 aromatic carbocycles. The molecular weight excluding hydrogens is 324 g/mol. The molecule has 0 atom stereocenters. The van der Waals surface area contributed by atoms with Crippen molar-refractivity contribution in [3.63, 3.8) is 0 Å². The Labute approximate surface area is 152 Å². The first kappa shape index (κ1) is 16.3. The third kappa shape index (κ3) is 3.28. The summed E-state index contributed by atoms with van der Waals surface area (Å²) in [6.45, 7) is 3.16. The summed E-state index contributed by atoms with van der Waals surface area (Å²) in [7, 11) is 0. The highest BCUT2D eigenvalue weighted by atomic mass is 16.2. The molecule has 0 unspecified atom stereocenters. The lowest BCUT2D eigenvalue weighted by atomic mass is 10.1. The zero-order chi connectivity index (χ0) is 17.9. The van der Waals surface area contributed by atoms with Crippen LogP contribution in [0.1, 0.15) is 16.8 Å². The smallest absolute Gasteiger partial charge is 0.320 e. The minimum atomic E-state index is -0.0860. The van der Waals surface area contributed by atoms with Crippen LogP contribution in [0.5, 0.6) is 0 Å². The van der Waals surface area contributed by atoms with Crippen LogP contribution in [0.3, 0.4) is 0 Å². The summed E-state index contributed by atoms with van der Waals surface area (Å²) in [5.74, 6) is 0.738. The fourth-order valence-corrected chi connectivity index (χ4v) is 3.12. The number of para-hydroxylation sites is 1. The number of hydrogen-bond donors (Lipinski definition) is 1.